The molecule has 0 saturated heterocycles. The minimum Gasteiger partial charge on any atom is -0.423 e. The van der Waals surface area contributed by atoms with E-state index in [1.165, 1.54) is 12.0 Å². The highest BCUT2D eigenvalue weighted by Crippen LogP contribution is 2.65. The fourth-order valence-electron chi connectivity index (χ4n) is 7.80. The molecule has 2 aromatic carbocycles. The molecule has 2 atom stereocenters. The molecular weight excluding hydrogens is 526 g/mol. The number of nitrogens with one attached hydrogen (secondary N) is 1. The smallest absolute Gasteiger partial charge is 0.311 e. The van der Waals surface area contributed by atoms with E-state index in [2.05, 4.69) is 17.4 Å². The van der Waals surface area contributed by atoms with Crippen molar-refractivity contribution in [3.8, 4) is 11.5 Å². The maximum Gasteiger partial charge on any atom is 0.311 e. The second-order valence-electron chi connectivity index (χ2n) is 12.3. The molecule has 6 nitrogen and oxygen atoms in total. The van der Waals surface area contributed by atoms with Gasteiger partial charge in [0.1, 0.15) is 0 Å². The quantitative estimate of drug-likeness (QED) is 0.235. The lowest BCUT2D eigenvalue weighted by molar-refractivity contribution is -0.149. The number of hydrogen-bond donors (Lipinski definition) is 1. The second-order valence-corrected chi connectivity index (χ2v) is 12.7. The van der Waals surface area contributed by atoms with Gasteiger partial charge in [-0.3, -0.25) is 14.4 Å². The lowest BCUT2D eigenvalue weighted by atomic mass is 9.42. The fourth-order valence-corrected chi connectivity index (χ4v) is 7.93. The number of benzene rings is 2. The Kier molecular flexibility index (Phi) is 8.55. The Labute approximate surface area is 242 Å². The maximum atomic E-state index is 13.8. The molecule has 4 aliphatic carbocycles. The van der Waals surface area contributed by atoms with Crippen LogP contribution in [-0.2, 0) is 26.2 Å². The summed E-state index contributed by atoms with van der Waals surface area (Å²) in [6, 6.07) is 13.6. The van der Waals surface area contributed by atoms with Crippen LogP contribution >= 0.6 is 11.6 Å². The third-order valence-electron chi connectivity index (χ3n) is 9.06. The summed E-state index contributed by atoms with van der Waals surface area (Å²) in [5.41, 5.74) is 1.97. The van der Waals surface area contributed by atoms with Crippen LogP contribution in [0.5, 0.6) is 11.5 Å². The normalized spacial score (nSPS) is 26.4. The predicted molar refractivity (Wildman–Crippen MR) is 154 cm³/mol. The monoisotopic (exact) mass is 565 g/mol. The van der Waals surface area contributed by atoms with Crippen LogP contribution in [-0.4, -0.2) is 24.4 Å². The summed E-state index contributed by atoms with van der Waals surface area (Å²) in [6.45, 7) is 4.30. The summed E-state index contributed by atoms with van der Waals surface area (Å²) in [6.07, 6.45) is 8.89. The molecule has 4 bridgehead atoms. The Hall–Kier alpha value is -2.86. The van der Waals surface area contributed by atoms with Crippen molar-refractivity contribution in [1.29, 1.82) is 0 Å². The molecule has 4 fully saturated rings. The van der Waals surface area contributed by atoms with Gasteiger partial charge in [0.2, 0.25) is 5.91 Å². The molecule has 0 heterocycles. The van der Waals surface area contributed by atoms with E-state index in [1.54, 1.807) is 12.1 Å². The van der Waals surface area contributed by atoms with Crippen LogP contribution in [0.3, 0.4) is 0 Å². The highest BCUT2D eigenvalue weighted by Gasteiger charge is 2.60. The van der Waals surface area contributed by atoms with E-state index in [-0.39, 0.29) is 46.6 Å². The van der Waals surface area contributed by atoms with E-state index in [9.17, 15) is 14.4 Å². The van der Waals surface area contributed by atoms with Crippen molar-refractivity contribution in [2.45, 2.75) is 89.9 Å². The van der Waals surface area contributed by atoms with Gasteiger partial charge in [-0.1, -0.05) is 43.6 Å². The molecule has 1 N–H and O–H groups in total. The Morgan fingerprint density at radius 2 is 1.50 bits per heavy atom. The second kappa shape index (κ2) is 11.9. The SMILES string of the molecule is CCCC(=O)Oc1ccc(CCNC(=O)C23CC4CC(C2)CC(c2ccc(Cl)cc2)(C4)C3)cc1OC(=O)CCC. The third kappa shape index (κ3) is 6.07. The van der Waals surface area contributed by atoms with Gasteiger partial charge in [0.15, 0.2) is 11.5 Å². The Morgan fingerprint density at radius 1 is 0.875 bits per heavy atom. The van der Waals surface area contributed by atoms with Crippen LogP contribution < -0.4 is 14.8 Å². The summed E-state index contributed by atoms with van der Waals surface area (Å²) in [7, 11) is 0. The van der Waals surface area contributed by atoms with E-state index in [0.29, 0.717) is 44.1 Å². The zero-order valence-electron chi connectivity index (χ0n) is 23.6. The lowest BCUT2D eigenvalue weighted by Gasteiger charge is -2.61. The van der Waals surface area contributed by atoms with Crippen molar-refractivity contribution in [3.63, 3.8) is 0 Å². The molecule has 0 aliphatic heterocycles. The number of amides is 1. The zero-order valence-corrected chi connectivity index (χ0v) is 24.4. The number of carbonyl (C=O) groups is 3. The molecule has 0 aromatic heterocycles. The number of carbonyl (C=O) groups excluding carboxylic acids is 3. The van der Waals surface area contributed by atoms with Crippen LogP contribution in [0, 0.1) is 17.3 Å². The van der Waals surface area contributed by atoms with Crippen molar-refractivity contribution < 1.29 is 23.9 Å². The van der Waals surface area contributed by atoms with Gasteiger partial charge in [-0.2, -0.15) is 0 Å². The predicted octanol–water partition coefficient (Wildman–Crippen LogP) is 6.95. The van der Waals surface area contributed by atoms with E-state index >= 15 is 0 Å². The van der Waals surface area contributed by atoms with Gasteiger partial charge >= 0.3 is 11.9 Å². The van der Waals surface area contributed by atoms with Crippen molar-refractivity contribution in [2.75, 3.05) is 6.54 Å². The molecule has 4 aliphatic rings. The molecule has 214 valence electrons. The lowest BCUT2D eigenvalue weighted by Crippen LogP contribution is -2.59. The van der Waals surface area contributed by atoms with E-state index in [0.717, 1.165) is 42.7 Å². The molecular formula is C33H40ClNO5. The van der Waals surface area contributed by atoms with Crippen LogP contribution in [0.2, 0.25) is 5.02 Å². The average molecular weight is 566 g/mol. The van der Waals surface area contributed by atoms with Crippen LogP contribution in [0.15, 0.2) is 42.5 Å². The van der Waals surface area contributed by atoms with Gasteiger partial charge in [-0.05, 0) is 110 Å². The van der Waals surface area contributed by atoms with Gasteiger partial charge < -0.3 is 14.8 Å². The first-order valence-corrected chi connectivity index (χ1v) is 15.2. The first kappa shape index (κ1) is 28.7. The average Bonchev–Trinajstić information content (AvgIpc) is 2.90. The summed E-state index contributed by atoms with van der Waals surface area (Å²) in [5, 5.41) is 4.00. The minimum atomic E-state index is -0.364. The van der Waals surface area contributed by atoms with Crippen LogP contribution in [0.25, 0.3) is 0 Å². The Morgan fingerprint density at radius 3 is 2.12 bits per heavy atom. The largest absolute Gasteiger partial charge is 0.423 e. The highest BCUT2D eigenvalue weighted by molar-refractivity contribution is 6.30. The van der Waals surface area contributed by atoms with Gasteiger partial charge in [-0.25, -0.2) is 0 Å². The third-order valence-corrected chi connectivity index (χ3v) is 9.31. The molecule has 40 heavy (non-hydrogen) atoms. The van der Waals surface area contributed by atoms with Crippen molar-refractivity contribution in [3.05, 3.63) is 58.6 Å². The molecule has 1 amide bonds. The first-order valence-electron chi connectivity index (χ1n) is 14.8. The molecule has 6 rings (SSSR count). The van der Waals surface area contributed by atoms with Crippen molar-refractivity contribution in [2.24, 2.45) is 17.3 Å². The number of ether oxygens (including phenoxy) is 2. The van der Waals surface area contributed by atoms with Crippen molar-refractivity contribution in [1.82, 2.24) is 5.32 Å². The van der Waals surface area contributed by atoms with E-state index in [4.69, 9.17) is 21.1 Å². The molecule has 0 spiro atoms. The number of halogens is 1. The maximum absolute atomic E-state index is 13.8. The summed E-state index contributed by atoms with van der Waals surface area (Å²) < 4.78 is 11.0. The molecule has 2 aromatic rings. The van der Waals surface area contributed by atoms with Gasteiger partial charge in [0, 0.05) is 24.4 Å². The molecule has 0 radical (unpaired) electrons. The Bertz CT molecular complexity index is 1240. The van der Waals surface area contributed by atoms with E-state index < -0.39 is 0 Å². The number of hydrogen-bond acceptors (Lipinski definition) is 5. The topological polar surface area (TPSA) is 81.7 Å². The standard InChI is InChI=1S/C33H40ClNO5/c1-3-5-29(36)39-27-12-7-22(16-28(27)40-30(37)6-4-2)13-14-35-31(38)33-19-23-15-24(20-33)18-32(17-23,21-33)25-8-10-26(34)11-9-25/h7-12,16,23-24H,3-6,13-15,17-21H2,1-2H3,(H,35,38). The minimum absolute atomic E-state index is 0.0638. The van der Waals surface area contributed by atoms with Crippen LogP contribution in [0.4, 0.5) is 0 Å². The van der Waals surface area contributed by atoms with Crippen LogP contribution in [0.1, 0.15) is 89.2 Å². The van der Waals surface area contributed by atoms with E-state index in [1.807, 2.05) is 32.0 Å². The fraction of sp³-hybridized carbons (Fsp3) is 0.545. The van der Waals surface area contributed by atoms with Crippen molar-refractivity contribution >= 4 is 29.4 Å². The van der Waals surface area contributed by atoms with Gasteiger partial charge in [0.05, 0.1) is 5.41 Å². The molecule has 2 unspecified atom stereocenters. The highest BCUT2D eigenvalue weighted by atomic mass is 35.5. The Balaban J connectivity index is 1.26. The number of esters is 2. The zero-order chi connectivity index (χ0) is 28.3. The first-order chi connectivity index (χ1) is 19.2. The molecule has 7 heteroatoms. The summed E-state index contributed by atoms with van der Waals surface area (Å²) in [4.78, 5) is 38.1. The summed E-state index contributed by atoms with van der Waals surface area (Å²) >= 11 is 6.19. The summed E-state index contributed by atoms with van der Waals surface area (Å²) in [5.74, 6) is 1.12. The van der Waals surface area contributed by atoms with Gasteiger partial charge in [0.25, 0.3) is 0 Å². The number of rotatable bonds is 11. The molecule has 4 saturated carbocycles. The van der Waals surface area contributed by atoms with Gasteiger partial charge in [-0.15, -0.1) is 0 Å².